The van der Waals surface area contributed by atoms with Gasteiger partial charge in [-0.3, -0.25) is 0 Å². The van der Waals surface area contributed by atoms with Gasteiger partial charge in [-0.2, -0.15) is 0 Å². The van der Waals surface area contributed by atoms with Gasteiger partial charge < -0.3 is 47.4 Å². The molecule has 4 aromatic carbocycles. The Labute approximate surface area is 330 Å². The largest absolute Gasteiger partial charge is 0.493 e. The Morgan fingerprint density at radius 1 is 0.411 bits per heavy atom. The molecule has 56 heavy (non-hydrogen) atoms. The molecule has 5 rings (SSSR count). The number of hydrogen-bond acceptors (Lipinski definition) is 10. The van der Waals surface area contributed by atoms with E-state index in [2.05, 4.69) is 12.1 Å². The van der Waals surface area contributed by atoms with Crippen molar-refractivity contribution in [1.82, 2.24) is 0 Å². The van der Waals surface area contributed by atoms with Crippen LogP contribution in [0.5, 0.6) is 51.7 Å². The number of carbonyl (C=O) groups excluding carboxylic acids is 2. The first-order valence-electron chi connectivity index (χ1n) is 17.1. The van der Waals surface area contributed by atoms with Crippen LogP contribution >= 0.6 is 15.8 Å². The number of benzene rings is 4. The van der Waals surface area contributed by atoms with E-state index >= 15 is 0 Å². The molecular weight excluding hydrogens is 758 g/mol. The minimum atomic E-state index is -1.46. The van der Waals surface area contributed by atoms with Crippen molar-refractivity contribution in [1.29, 1.82) is 0 Å². The summed E-state index contributed by atoms with van der Waals surface area (Å²) in [6.07, 6.45) is 3.96. The van der Waals surface area contributed by atoms with Crippen LogP contribution in [0.15, 0.2) is 83.9 Å². The molecule has 0 saturated carbocycles. The van der Waals surface area contributed by atoms with E-state index in [4.69, 9.17) is 56.2 Å². The predicted molar refractivity (Wildman–Crippen MR) is 222 cm³/mol. The Bertz CT molecular complexity index is 2040. The summed E-state index contributed by atoms with van der Waals surface area (Å²) in [5.74, 6) is 5.98. The first-order valence-corrected chi connectivity index (χ1v) is 19.8. The van der Waals surface area contributed by atoms with Crippen LogP contribution in [0.1, 0.15) is 0 Å². The molecule has 0 bridgehead atoms. The Morgan fingerprint density at radius 3 is 1.07 bits per heavy atom. The average molecular weight is 807 g/mol. The highest BCUT2D eigenvalue weighted by Crippen LogP contribution is 2.51. The third-order valence-corrected chi connectivity index (χ3v) is 14.0. The highest BCUT2D eigenvalue weighted by Gasteiger charge is 2.41. The van der Waals surface area contributed by atoms with Crippen LogP contribution in [0, 0.1) is 0 Å². The van der Waals surface area contributed by atoms with E-state index in [9.17, 15) is 0 Å². The van der Waals surface area contributed by atoms with Crippen molar-refractivity contribution in [2.75, 3.05) is 85.3 Å². The molecule has 296 valence electrons. The maximum absolute atomic E-state index is 5.89. The molecule has 1 aliphatic carbocycles. The number of ether oxygens (including phenoxy) is 10. The van der Waals surface area contributed by atoms with Gasteiger partial charge in [-0.25, -0.2) is 8.85 Å². The smallest absolute Gasteiger partial charge is 0.486 e. The molecular formula is C42H48O12P2+2. The molecule has 0 N–H and O–H groups in total. The quantitative estimate of drug-likeness (QED) is 0.0674. The minimum Gasteiger partial charge on any atom is -0.493 e. The molecule has 14 heteroatoms. The van der Waals surface area contributed by atoms with Crippen molar-refractivity contribution >= 4 is 53.9 Å². The van der Waals surface area contributed by atoms with Crippen molar-refractivity contribution in [3.63, 3.8) is 0 Å². The Morgan fingerprint density at radius 2 is 0.768 bits per heavy atom. The van der Waals surface area contributed by atoms with Gasteiger partial charge in [-0.05, 0) is 90.2 Å². The van der Waals surface area contributed by atoms with Gasteiger partial charge in [0, 0.05) is 0 Å². The second-order valence-electron chi connectivity index (χ2n) is 11.7. The van der Waals surface area contributed by atoms with Gasteiger partial charge in [0.1, 0.15) is 0 Å². The van der Waals surface area contributed by atoms with E-state index in [1.165, 1.54) is 0 Å². The number of methoxy groups -OCH3 is 10. The Balaban J connectivity index is 1.96. The summed E-state index contributed by atoms with van der Waals surface area (Å²) in [5, 5.41) is 5.64. The van der Waals surface area contributed by atoms with Crippen molar-refractivity contribution in [3.05, 3.63) is 83.9 Å². The molecule has 1 unspecified atom stereocenters. The fraction of sp³-hybridized carbons (Fsp3) is 0.286. The average Bonchev–Trinajstić information content (AvgIpc) is 3.25. The van der Waals surface area contributed by atoms with Crippen LogP contribution in [0.2, 0.25) is 0 Å². The van der Waals surface area contributed by atoms with Gasteiger partial charge in [0.25, 0.3) is 14.2 Å². The number of rotatable bonds is 16. The maximum Gasteiger partial charge on any atom is 0.486 e. The van der Waals surface area contributed by atoms with Crippen LogP contribution in [0.4, 0.5) is 0 Å². The van der Waals surface area contributed by atoms with Gasteiger partial charge in [-0.15, -0.1) is 0 Å². The van der Waals surface area contributed by atoms with Gasteiger partial charge in [0.15, 0.2) is 34.5 Å². The van der Waals surface area contributed by atoms with Crippen molar-refractivity contribution < 1.29 is 56.2 Å². The summed E-state index contributed by atoms with van der Waals surface area (Å²) in [4.78, 5) is 0. The lowest BCUT2D eigenvalue weighted by Gasteiger charge is -2.29. The molecule has 0 heterocycles. The molecule has 4 aromatic rings. The number of hydrogen-bond donors (Lipinski definition) is 0. The standard InChI is InChI=1S/C42H48O12P2/c1-43-29-17-25(18-30(44-2)39(29)51-9)55(26-19-31(45-3)40(52-10)32(20-26)46-4)37-15-13-14-16-38(37)56(27-21-33(47-5)41(53-11)34(22-27)48-6)28-23-35(49-7)42(54-12)36(24-28)50-8/h13-24H,1-12H3/q+2. The topological polar surface area (TPSA) is 115 Å². The number of allylic oxidation sites excluding steroid dienone is 4. The van der Waals surface area contributed by atoms with Gasteiger partial charge in [-0.1, -0.05) is 24.3 Å². The summed E-state index contributed by atoms with van der Waals surface area (Å²) in [7, 11) is 16.2. The fourth-order valence-electron chi connectivity index (χ4n) is 6.48. The second-order valence-corrected chi connectivity index (χ2v) is 16.1. The van der Waals surface area contributed by atoms with E-state index in [0.29, 0.717) is 69.1 Å². The van der Waals surface area contributed by atoms with Crippen LogP contribution in [-0.4, -0.2) is 96.9 Å². The van der Waals surface area contributed by atoms with E-state index in [0.717, 1.165) is 31.8 Å². The monoisotopic (exact) mass is 806 g/mol. The third kappa shape index (κ3) is 7.95. The first kappa shape index (κ1) is 41.7. The van der Waals surface area contributed by atoms with E-state index in [-0.39, 0.29) is 0 Å². The van der Waals surface area contributed by atoms with Gasteiger partial charge in [0.05, 0.1) is 77.2 Å². The van der Waals surface area contributed by atoms with Gasteiger partial charge in [0.2, 0.25) is 23.0 Å². The molecule has 1 aliphatic rings. The zero-order valence-corrected chi connectivity index (χ0v) is 35.5. The van der Waals surface area contributed by atoms with Crippen LogP contribution < -0.4 is 69.2 Å². The number of ketones is 2. The molecule has 0 saturated heterocycles. The summed E-state index contributed by atoms with van der Waals surface area (Å²) >= 11 is 0. The molecule has 0 aromatic heterocycles. The second kappa shape index (κ2) is 18.9. The van der Waals surface area contributed by atoms with Gasteiger partial charge >= 0.3 is 11.6 Å². The highest BCUT2D eigenvalue weighted by molar-refractivity contribution is 7.84. The first-order chi connectivity index (χ1) is 27.2. The lowest BCUT2D eigenvalue weighted by atomic mass is 10.1. The normalized spacial score (nSPS) is 14.4. The summed E-state index contributed by atoms with van der Waals surface area (Å²) < 4.78 is 70.1. The van der Waals surface area contributed by atoms with E-state index in [1.807, 2.05) is 60.7 Å². The summed E-state index contributed by atoms with van der Waals surface area (Å²) in [5.41, 5.74) is 0. The lowest BCUT2D eigenvalue weighted by Crippen LogP contribution is -2.33. The molecule has 12 nitrogen and oxygen atoms in total. The fourth-order valence-corrected chi connectivity index (χ4v) is 11.8. The van der Waals surface area contributed by atoms with Crippen molar-refractivity contribution in [2.24, 2.45) is 0 Å². The zero-order valence-electron chi connectivity index (χ0n) is 33.7. The minimum absolute atomic E-state index is 0.476. The molecule has 0 aliphatic heterocycles. The van der Waals surface area contributed by atoms with Crippen LogP contribution in [0.3, 0.4) is 0 Å². The van der Waals surface area contributed by atoms with Crippen LogP contribution in [-0.2, 0) is 13.6 Å². The highest BCUT2D eigenvalue weighted by atomic mass is 31.1. The van der Waals surface area contributed by atoms with Crippen molar-refractivity contribution in [3.8, 4) is 51.7 Å². The molecule has 1 atom stereocenters. The molecule has 0 spiro atoms. The Kier molecular flexibility index (Phi) is 14.1. The molecule has 0 fully saturated rings. The zero-order chi connectivity index (χ0) is 40.5. The third-order valence-electron chi connectivity index (χ3n) is 8.99. The predicted octanol–water partition coefficient (Wildman–Crippen LogP) is 4.85. The van der Waals surface area contributed by atoms with Crippen molar-refractivity contribution in [2.45, 2.75) is 0 Å². The molecule has 0 radical (unpaired) electrons. The SMILES string of the molecule is COC1=CC(P(c2cc(OC)c(OC)c(OC)c2)c2ccccc2P(c2cc(OC)c(OC)c(OC)c2)c2cc(OC)c(OC)c(OC)c2)=CC(=[O+]C)C1=[O+]C. The molecule has 0 amide bonds. The Hall–Kier alpha value is -5.44. The lowest BCUT2D eigenvalue weighted by molar-refractivity contribution is -0.435. The summed E-state index contributed by atoms with van der Waals surface area (Å²) in [6, 6.07) is 20.2. The van der Waals surface area contributed by atoms with E-state index < -0.39 is 15.8 Å². The summed E-state index contributed by atoms with van der Waals surface area (Å²) in [6.45, 7) is 0. The maximum atomic E-state index is 5.89. The van der Waals surface area contributed by atoms with E-state index in [1.54, 1.807) is 85.3 Å². The van der Waals surface area contributed by atoms with Crippen LogP contribution in [0.25, 0.3) is 0 Å².